The van der Waals surface area contributed by atoms with E-state index >= 15 is 0 Å². The molecule has 9 aliphatic carbocycles. The molecule has 0 bridgehead atoms. The van der Waals surface area contributed by atoms with Gasteiger partial charge in [0.05, 0.1) is 0 Å². The summed E-state index contributed by atoms with van der Waals surface area (Å²) in [6.45, 7) is 0. The third kappa shape index (κ3) is 24.3. The van der Waals surface area contributed by atoms with Crippen LogP contribution in [0.5, 0.6) is 0 Å². The van der Waals surface area contributed by atoms with E-state index in [9.17, 15) is 0 Å². The Bertz CT molecular complexity index is 1550. The lowest BCUT2D eigenvalue weighted by molar-refractivity contribution is 0.0269. The first-order valence-corrected chi connectivity index (χ1v) is 41.9. The normalized spacial score (nSPS) is 32.1. The quantitative estimate of drug-likeness (QED) is 0.193. The van der Waals surface area contributed by atoms with Gasteiger partial charge >= 0.3 is 0 Å². The minimum atomic E-state index is 0.815. The van der Waals surface area contributed by atoms with Crippen LogP contribution in [-0.4, -0.2) is 92.1 Å². The highest BCUT2D eigenvalue weighted by Gasteiger charge is 2.39. The van der Waals surface area contributed by atoms with E-state index < -0.39 is 0 Å². The molecule has 500 valence electrons. The van der Waals surface area contributed by atoms with Gasteiger partial charge in [-0.25, -0.2) is 0 Å². The lowest BCUT2D eigenvalue weighted by Gasteiger charge is -2.46. The van der Waals surface area contributed by atoms with Gasteiger partial charge in [0, 0.05) is 72.5 Å². The third-order valence-corrected chi connectivity index (χ3v) is 26.5. The van der Waals surface area contributed by atoms with Crippen LogP contribution in [-0.2, 0) is 0 Å². The molecule has 0 amide bonds. The van der Waals surface area contributed by atoms with Crippen LogP contribution in [0.15, 0.2) is 0 Å². The van der Waals surface area contributed by atoms with Gasteiger partial charge in [-0.2, -0.15) is 0 Å². The molecule has 0 radical (unpaired) electrons. The fourth-order valence-corrected chi connectivity index (χ4v) is 21.9. The fraction of sp³-hybridized carbons (Fsp3) is 1.00. The Morgan fingerprint density at radius 2 is 0.151 bits per heavy atom. The van der Waals surface area contributed by atoms with E-state index in [2.05, 4.69) is 19.6 Å². The molecule has 9 aliphatic rings. The Balaban J connectivity index is 0.950. The first kappa shape index (κ1) is 70.2. The Morgan fingerprint density at radius 3 is 0.256 bits per heavy atom. The second-order valence-electron chi connectivity index (χ2n) is 32.8. The average molecular weight is 1190 g/mol. The topological polar surface area (TPSA) is 13.0 Å². The largest absolute Gasteiger partial charge is 0.294 e. The van der Waals surface area contributed by atoms with Crippen LogP contribution in [0.2, 0.25) is 0 Å². The van der Waals surface area contributed by atoms with Gasteiger partial charge in [0.25, 0.3) is 0 Å². The molecule has 0 N–H and O–H groups in total. The zero-order valence-corrected chi connectivity index (χ0v) is 58.2. The van der Waals surface area contributed by atoms with Gasteiger partial charge in [-0.3, -0.25) is 19.6 Å². The number of hydrogen-bond donors (Lipinski definition) is 0. The molecule has 0 aromatic heterocycles. The number of nitrogens with zero attached hydrogens (tertiary/aromatic N) is 4. The van der Waals surface area contributed by atoms with E-state index in [1.807, 2.05) is 0 Å². The Morgan fingerprint density at radius 1 is 0.0814 bits per heavy atom. The van der Waals surface area contributed by atoms with Crippen molar-refractivity contribution in [1.29, 1.82) is 0 Å². The predicted octanol–water partition coefficient (Wildman–Crippen LogP) is 25.0. The van der Waals surface area contributed by atoms with Crippen LogP contribution >= 0.6 is 0 Å². The van der Waals surface area contributed by atoms with E-state index in [0.717, 1.165) is 72.5 Å². The lowest BCUT2D eigenvalue weighted by Crippen LogP contribution is -2.51. The SMILES string of the molecule is C1CCCCC(N(C2CCCCCCCC2)C2CCCCC(N(C3CCCCC(N(C4CCCCCCCC4)C4CCCCCCCC4)CCCC3)C3CCCCC(N(C4CCCCCCCC4)C4CCCCCCC4)CCC3)CCC2)CCCC1. The van der Waals surface area contributed by atoms with E-state index in [0.29, 0.717) is 0 Å². The van der Waals surface area contributed by atoms with Crippen LogP contribution in [0.3, 0.4) is 0 Å². The van der Waals surface area contributed by atoms with Crippen LogP contribution in [0, 0.1) is 0 Å². The van der Waals surface area contributed by atoms with Gasteiger partial charge in [0.2, 0.25) is 0 Å². The minimum Gasteiger partial charge on any atom is -0.294 e. The van der Waals surface area contributed by atoms with Crippen LogP contribution < -0.4 is 0 Å². The first-order chi connectivity index (χ1) is 42.8. The van der Waals surface area contributed by atoms with Gasteiger partial charge in [-0.1, -0.05) is 295 Å². The molecule has 9 rings (SSSR count). The molecule has 4 heteroatoms. The molecule has 9 fully saturated rings. The molecule has 0 aromatic carbocycles. The smallest absolute Gasteiger partial charge is 0.0101 e. The summed E-state index contributed by atoms with van der Waals surface area (Å²) in [4.78, 5) is 13.7. The van der Waals surface area contributed by atoms with Crippen LogP contribution in [0.1, 0.15) is 449 Å². The maximum Gasteiger partial charge on any atom is 0.0101 e. The van der Waals surface area contributed by atoms with Gasteiger partial charge < -0.3 is 0 Å². The summed E-state index contributed by atoms with van der Waals surface area (Å²) in [5.74, 6) is 0. The summed E-state index contributed by atoms with van der Waals surface area (Å²) in [5.41, 5.74) is 0. The van der Waals surface area contributed by atoms with Crippen molar-refractivity contribution >= 4 is 0 Å². The summed E-state index contributed by atoms with van der Waals surface area (Å²) in [5, 5.41) is 0. The summed E-state index contributed by atoms with van der Waals surface area (Å²) in [6.07, 6.45) is 105. The van der Waals surface area contributed by atoms with Gasteiger partial charge in [0.1, 0.15) is 0 Å². The van der Waals surface area contributed by atoms with Crippen molar-refractivity contribution in [2.75, 3.05) is 0 Å². The third-order valence-electron chi connectivity index (χ3n) is 26.5. The predicted molar refractivity (Wildman–Crippen MR) is 376 cm³/mol. The van der Waals surface area contributed by atoms with Crippen molar-refractivity contribution in [3.63, 3.8) is 0 Å². The number of rotatable bonds is 12. The average Bonchev–Trinajstić information content (AvgIpc) is 4.15. The first-order valence-electron chi connectivity index (χ1n) is 41.9. The summed E-state index contributed by atoms with van der Waals surface area (Å²) in [7, 11) is 0. The second kappa shape index (κ2) is 42.9. The molecule has 4 unspecified atom stereocenters. The zero-order chi connectivity index (χ0) is 58.7. The second-order valence-corrected chi connectivity index (χ2v) is 32.8. The Kier molecular flexibility index (Phi) is 35.0. The summed E-state index contributed by atoms with van der Waals surface area (Å²) >= 11 is 0. The minimum absolute atomic E-state index is 0.815. The molecule has 4 nitrogen and oxygen atoms in total. The van der Waals surface area contributed by atoms with Gasteiger partial charge in [-0.05, 0) is 154 Å². The molecular formula is C82H152N4. The van der Waals surface area contributed by atoms with Crippen molar-refractivity contribution in [3.05, 3.63) is 0 Å². The van der Waals surface area contributed by atoms with Gasteiger partial charge in [0.15, 0.2) is 0 Å². The highest BCUT2D eigenvalue weighted by Crippen LogP contribution is 2.41. The molecular weight excluding hydrogens is 1040 g/mol. The Hall–Kier alpha value is -0.160. The molecule has 0 aliphatic heterocycles. The molecule has 0 spiro atoms. The highest BCUT2D eigenvalue weighted by molar-refractivity contribution is 4.95. The molecule has 0 saturated heterocycles. The zero-order valence-electron chi connectivity index (χ0n) is 58.2. The van der Waals surface area contributed by atoms with E-state index in [1.54, 1.807) is 0 Å². The maximum absolute atomic E-state index is 3.52. The van der Waals surface area contributed by atoms with Crippen molar-refractivity contribution < 1.29 is 0 Å². The maximum atomic E-state index is 3.52. The monoisotopic (exact) mass is 1190 g/mol. The summed E-state index contributed by atoms with van der Waals surface area (Å²) in [6, 6.07) is 10.2. The summed E-state index contributed by atoms with van der Waals surface area (Å²) < 4.78 is 0. The van der Waals surface area contributed by atoms with Crippen molar-refractivity contribution in [2.45, 2.75) is 522 Å². The highest BCUT2D eigenvalue weighted by atomic mass is 15.2. The van der Waals surface area contributed by atoms with Gasteiger partial charge in [-0.15, -0.1) is 0 Å². The van der Waals surface area contributed by atoms with Crippen molar-refractivity contribution in [3.8, 4) is 0 Å². The molecule has 9 saturated carbocycles. The molecule has 4 atom stereocenters. The molecule has 0 aromatic rings. The van der Waals surface area contributed by atoms with Crippen LogP contribution in [0.25, 0.3) is 0 Å². The van der Waals surface area contributed by atoms with Crippen molar-refractivity contribution in [1.82, 2.24) is 19.6 Å². The lowest BCUT2D eigenvalue weighted by atomic mass is 9.86. The van der Waals surface area contributed by atoms with E-state index in [1.165, 1.54) is 449 Å². The van der Waals surface area contributed by atoms with Crippen molar-refractivity contribution in [2.24, 2.45) is 0 Å². The van der Waals surface area contributed by atoms with E-state index in [4.69, 9.17) is 0 Å². The number of hydrogen-bond acceptors (Lipinski definition) is 4. The standard InChI is InChI=1S/C82H152N4/c1-2-13-25-51-73(52-26-14-3-1)84(74-53-31-19-8-9-20-32-54-74)79-63-41-43-65-81(69-45-67-79)86(82-66-44-42-64-80(68-46-70-82)85(76-57-35-23-12-24-36-58-76)75-55-33-21-10-11-22-34-56-75)78-61-39-37-59-77(60-38-40-62-78)83(71-47-27-15-4-5-16-28-48-71)72-49-29-17-6-7-18-30-50-72/h71-82H,1-70H2. The fourth-order valence-electron chi connectivity index (χ4n) is 21.9. The van der Waals surface area contributed by atoms with Crippen LogP contribution in [0.4, 0.5) is 0 Å². The molecule has 86 heavy (non-hydrogen) atoms. The molecule has 0 heterocycles. The Labute approximate surface area is 538 Å². The van der Waals surface area contributed by atoms with E-state index in [-0.39, 0.29) is 0 Å².